The molecule has 2 rings (SSSR count). The fraction of sp³-hybridized carbons (Fsp3) is 0.462. The molecule has 1 fully saturated rings. The zero-order valence-corrected chi connectivity index (χ0v) is 11.5. The molecule has 3 nitrogen and oxygen atoms in total. The van der Waals surface area contributed by atoms with Gasteiger partial charge in [-0.25, -0.2) is 4.39 Å². The molecule has 0 aromatic heterocycles. The fourth-order valence-corrected chi connectivity index (χ4v) is 2.82. The molecule has 98 valence electrons. The Labute approximate surface area is 114 Å². The molecule has 0 aliphatic carbocycles. The van der Waals surface area contributed by atoms with Crippen molar-refractivity contribution in [3.63, 3.8) is 0 Å². The number of aromatic hydroxyl groups is 1. The molecule has 1 aromatic rings. The summed E-state index contributed by atoms with van der Waals surface area (Å²) in [7, 11) is 0. The van der Waals surface area contributed by atoms with E-state index in [2.05, 4.69) is 15.9 Å². The van der Waals surface area contributed by atoms with Crippen LogP contribution in [-0.4, -0.2) is 34.3 Å². The largest absolute Gasteiger partial charge is 0.507 e. The number of benzene rings is 1. The van der Waals surface area contributed by atoms with Gasteiger partial charge in [0.05, 0.1) is 0 Å². The highest BCUT2D eigenvalue weighted by molar-refractivity contribution is 9.09. The van der Waals surface area contributed by atoms with Gasteiger partial charge in [-0.1, -0.05) is 22.0 Å². The average Bonchev–Trinajstić information content (AvgIpc) is 2.38. The third kappa shape index (κ3) is 2.66. The quantitative estimate of drug-likeness (QED) is 0.853. The van der Waals surface area contributed by atoms with Gasteiger partial charge in [-0.2, -0.15) is 0 Å². The van der Waals surface area contributed by atoms with Crippen LogP contribution in [0, 0.1) is 11.7 Å². The average molecular weight is 316 g/mol. The van der Waals surface area contributed by atoms with Crippen LogP contribution >= 0.6 is 15.9 Å². The van der Waals surface area contributed by atoms with Crippen molar-refractivity contribution in [2.75, 3.05) is 18.4 Å². The lowest BCUT2D eigenvalue weighted by Crippen LogP contribution is -2.39. The second kappa shape index (κ2) is 5.69. The van der Waals surface area contributed by atoms with Gasteiger partial charge in [0.1, 0.15) is 17.1 Å². The molecule has 1 saturated heterocycles. The van der Waals surface area contributed by atoms with Gasteiger partial charge in [-0.15, -0.1) is 0 Å². The number of hydrogen-bond donors (Lipinski definition) is 1. The topological polar surface area (TPSA) is 40.5 Å². The molecule has 0 saturated carbocycles. The van der Waals surface area contributed by atoms with Crippen molar-refractivity contribution in [2.24, 2.45) is 5.92 Å². The number of phenols is 1. The van der Waals surface area contributed by atoms with Crippen molar-refractivity contribution >= 4 is 21.8 Å². The molecule has 18 heavy (non-hydrogen) atoms. The number of piperidine rings is 1. The third-order valence-electron chi connectivity index (χ3n) is 3.33. The molecular weight excluding hydrogens is 301 g/mol. The van der Waals surface area contributed by atoms with Crippen LogP contribution in [0.4, 0.5) is 4.39 Å². The highest BCUT2D eigenvalue weighted by Crippen LogP contribution is 2.25. The summed E-state index contributed by atoms with van der Waals surface area (Å²) in [5.41, 5.74) is -0.213. The minimum atomic E-state index is -0.664. The van der Waals surface area contributed by atoms with Gasteiger partial charge in [-0.05, 0) is 30.9 Å². The maximum atomic E-state index is 13.6. The van der Waals surface area contributed by atoms with E-state index in [0.29, 0.717) is 19.0 Å². The van der Waals surface area contributed by atoms with Crippen LogP contribution in [0.5, 0.6) is 5.75 Å². The van der Waals surface area contributed by atoms with E-state index in [0.717, 1.165) is 18.2 Å². The summed E-state index contributed by atoms with van der Waals surface area (Å²) in [5, 5.41) is 10.5. The lowest BCUT2D eigenvalue weighted by atomic mass is 9.98. The summed E-state index contributed by atoms with van der Waals surface area (Å²) in [5.74, 6) is -0.799. The standard InChI is InChI=1S/C13H15BrFNO2/c14-8-9-4-6-16(7-5-9)13(18)12-10(15)2-1-3-11(12)17/h1-3,9,17H,4-8H2. The Kier molecular flexibility index (Phi) is 4.22. The van der Waals surface area contributed by atoms with Gasteiger partial charge in [0.15, 0.2) is 0 Å². The normalized spacial score (nSPS) is 16.9. The predicted molar refractivity (Wildman–Crippen MR) is 70.5 cm³/mol. The molecule has 0 radical (unpaired) electrons. The number of hydrogen-bond acceptors (Lipinski definition) is 2. The van der Waals surface area contributed by atoms with Crippen LogP contribution in [0.25, 0.3) is 0 Å². The van der Waals surface area contributed by atoms with Crippen LogP contribution in [0.3, 0.4) is 0 Å². The number of rotatable bonds is 2. The van der Waals surface area contributed by atoms with Crippen LogP contribution in [0.15, 0.2) is 18.2 Å². The van der Waals surface area contributed by atoms with Crippen LogP contribution < -0.4 is 0 Å². The van der Waals surface area contributed by atoms with Gasteiger partial charge in [0.2, 0.25) is 0 Å². The molecule has 0 unspecified atom stereocenters. The highest BCUT2D eigenvalue weighted by Gasteiger charge is 2.26. The number of phenolic OH excluding ortho intramolecular Hbond substituents is 1. The summed E-state index contributed by atoms with van der Waals surface area (Å²) < 4.78 is 13.6. The van der Waals surface area contributed by atoms with Gasteiger partial charge in [-0.3, -0.25) is 4.79 Å². The van der Waals surface area contributed by atoms with Gasteiger partial charge < -0.3 is 10.0 Å². The molecule has 1 amide bonds. The van der Waals surface area contributed by atoms with E-state index >= 15 is 0 Å². The summed E-state index contributed by atoms with van der Waals surface area (Å²) in [4.78, 5) is 13.8. The summed E-state index contributed by atoms with van der Waals surface area (Å²) in [6.45, 7) is 1.23. The second-order valence-corrected chi connectivity index (χ2v) is 5.17. The molecule has 1 N–H and O–H groups in total. The molecule has 0 atom stereocenters. The van der Waals surface area contributed by atoms with E-state index in [1.165, 1.54) is 18.2 Å². The third-order valence-corrected chi connectivity index (χ3v) is 4.24. The fourth-order valence-electron chi connectivity index (χ4n) is 2.17. The number of alkyl halides is 1. The number of halogens is 2. The number of likely N-dealkylation sites (tertiary alicyclic amines) is 1. The molecule has 0 bridgehead atoms. The number of amides is 1. The Balaban J connectivity index is 2.13. The van der Waals surface area contributed by atoms with Crippen molar-refractivity contribution in [1.29, 1.82) is 0 Å². The van der Waals surface area contributed by atoms with E-state index in [1.54, 1.807) is 4.90 Å². The first-order chi connectivity index (χ1) is 8.63. The minimum absolute atomic E-state index is 0.213. The van der Waals surface area contributed by atoms with Gasteiger partial charge in [0, 0.05) is 18.4 Å². The van der Waals surface area contributed by atoms with Crippen molar-refractivity contribution in [3.05, 3.63) is 29.6 Å². The molecule has 1 aromatic carbocycles. The Morgan fingerprint density at radius 3 is 2.67 bits per heavy atom. The molecular formula is C13H15BrFNO2. The molecule has 0 spiro atoms. The number of carbonyl (C=O) groups excluding carboxylic acids is 1. The predicted octanol–water partition coefficient (Wildman–Crippen LogP) is 2.78. The Morgan fingerprint density at radius 1 is 1.44 bits per heavy atom. The van der Waals surface area contributed by atoms with E-state index < -0.39 is 11.7 Å². The number of carbonyl (C=O) groups is 1. The summed E-state index contributed by atoms with van der Waals surface area (Å²) >= 11 is 3.43. The lowest BCUT2D eigenvalue weighted by molar-refractivity contribution is 0.0691. The first-order valence-corrected chi connectivity index (χ1v) is 7.08. The van der Waals surface area contributed by atoms with Crippen LogP contribution in [0.1, 0.15) is 23.2 Å². The highest BCUT2D eigenvalue weighted by atomic mass is 79.9. The smallest absolute Gasteiger partial charge is 0.260 e. The van der Waals surface area contributed by atoms with Crippen molar-refractivity contribution in [2.45, 2.75) is 12.8 Å². The van der Waals surface area contributed by atoms with E-state index in [1.807, 2.05) is 0 Å². The minimum Gasteiger partial charge on any atom is -0.507 e. The van der Waals surface area contributed by atoms with Crippen molar-refractivity contribution in [1.82, 2.24) is 4.90 Å². The second-order valence-electron chi connectivity index (χ2n) is 4.52. The summed E-state index contributed by atoms with van der Waals surface area (Å²) in [6.07, 6.45) is 1.82. The van der Waals surface area contributed by atoms with E-state index in [9.17, 15) is 14.3 Å². The van der Waals surface area contributed by atoms with Crippen molar-refractivity contribution in [3.8, 4) is 5.75 Å². The lowest BCUT2D eigenvalue weighted by Gasteiger charge is -2.31. The van der Waals surface area contributed by atoms with E-state index in [-0.39, 0.29) is 11.3 Å². The molecule has 1 heterocycles. The maximum Gasteiger partial charge on any atom is 0.260 e. The molecule has 1 aliphatic heterocycles. The first-order valence-electron chi connectivity index (χ1n) is 5.96. The van der Waals surface area contributed by atoms with Gasteiger partial charge >= 0.3 is 0 Å². The Hall–Kier alpha value is -1.10. The monoisotopic (exact) mass is 315 g/mol. The molecule has 1 aliphatic rings. The van der Waals surface area contributed by atoms with Crippen LogP contribution in [0.2, 0.25) is 0 Å². The van der Waals surface area contributed by atoms with Gasteiger partial charge in [0.25, 0.3) is 5.91 Å². The maximum absolute atomic E-state index is 13.6. The SMILES string of the molecule is O=C(c1c(O)cccc1F)N1CCC(CBr)CC1. The molecule has 5 heteroatoms. The van der Waals surface area contributed by atoms with E-state index in [4.69, 9.17) is 0 Å². The van der Waals surface area contributed by atoms with Crippen LogP contribution in [-0.2, 0) is 0 Å². The summed E-state index contributed by atoms with van der Waals surface area (Å²) in [6, 6.07) is 3.91. The zero-order valence-electron chi connectivity index (χ0n) is 9.90. The number of nitrogens with zero attached hydrogens (tertiary/aromatic N) is 1. The Bertz CT molecular complexity index is 424. The van der Waals surface area contributed by atoms with Crippen molar-refractivity contribution < 1.29 is 14.3 Å². The first kappa shape index (κ1) is 13.3. The Morgan fingerprint density at radius 2 is 2.11 bits per heavy atom. The zero-order chi connectivity index (χ0) is 13.1.